The molecule has 56 heavy (non-hydrogen) atoms. The largest absolute Gasteiger partial charge is 0.433 e. The molecule has 1 aliphatic heterocycles. The Balaban J connectivity index is 1.15. The Morgan fingerprint density at radius 2 is 1.71 bits per heavy atom. The predicted octanol–water partition coefficient (Wildman–Crippen LogP) is 6.89. The van der Waals surface area contributed by atoms with Crippen LogP contribution in [0.5, 0.6) is 0 Å². The van der Waals surface area contributed by atoms with Gasteiger partial charge in [0.1, 0.15) is 23.8 Å². The van der Waals surface area contributed by atoms with Crippen LogP contribution in [0.1, 0.15) is 104 Å². The van der Waals surface area contributed by atoms with Crippen LogP contribution in [0, 0.1) is 25.2 Å². The fourth-order valence-corrected chi connectivity index (χ4v) is 8.41. The second-order valence-electron chi connectivity index (χ2n) is 16.0. The molecule has 0 spiro atoms. The van der Waals surface area contributed by atoms with Gasteiger partial charge in [-0.1, -0.05) is 18.9 Å². The van der Waals surface area contributed by atoms with E-state index in [4.69, 9.17) is 5.10 Å². The van der Waals surface area contributed by atoms with Crippen LogP contribution in [0.15, 0.2) is 36.7 Å². The first kappa shape index (κ1) is 39.2. The van der Waals surface area contributed by atoms with Crippen LogP contribution >= 0.6 is 0 Å². The maximum absolute atomic E-state index is 14.3. The van der Waals surface area contributed by atoms with Crippen molar-refractivity contribution in [1.29, 1.82) is 0 Å². The van der Waals surface area contributed by atoms with Crippen molar-refractivity contribution in [3.63, 3.8) is 0 Å². The van der Waals surface area contributed by atoms with E-state index in [1.165, 1.54) is 13.0 Å². The van der Waals surface area contributed by atoms with Crippen LogP contribution in [0.4, 0.5) is 13.2 Å². The van der Waals surface area contributed by atoms with E-state index in [0.29, 0.717) is 41.7 Å². The van der Waals surface area contributed by atoms with Gasteiger partial charge in [0.2, 0.25) is 11.8 Å². The molecule has 7 rings (SSSR count). The number of hydrogen-bond acceptors (Lipinski definition) is 8. The molecule has 0 bridgehead atoms. The molecule has 3 aliphatic rings. The number of Topliss-reactive ketones (excluding diaryl/α,β-unsaturated/α-hetero) is 2. The average Bonchev–Trinajstić information content (AvgIpc) is 4.05. The number of ketones is 2. The zero-order chi connectivity index (χ0) is 40.1. The quantitative estimate of drug-likeness (QED) is 0.0944. The highest BCUT2D eigenvalue weighted by Gasteiger charge is 2.56. The van der Waals surface area contributed by atoms with E-state index < -0.39 is 17.9 Å². The Morgan fingerprint density at radius 3 is 2.38 bits per heavy atom. The van der Waals surface area contributed by atoms with E-state index in [2.05, 4.69) is 15.0 Å². The minimum atomic E-state index is -4.65. The molecule has 11 nitrogen and oxygen atoms in total. The Bertz CT molecular complexity index is 2190. The highest BCUT2D eigenvalue weighted by molar-refractivity contribution is 6.07. The third kappa shape index (κ3) is 7.84. The molecule has 296 valence electrons. The summed E-state index contributed by atoms with van der Waals surface area (Å²) < 4.78 is 41.9. The van der Waals surface area contributed by atoms with E-state index in [0.717, 1.165) is 67.7 Å². The summed E-state index contributed by atoms with van der Waals surface area (Å²) in [5.41, 5.74) is 2.60. The van der Waals surface area contributed by atoms with Crippen LogP contribution in [0.2, 0.25) is 0 Å². The molecule has 2 amide bonds. The number of nitrogens with zero attached hydrogens (tertiary/aromatic N) is 7. The number of carbonyl (C=O) groups excluding carboxylic acids is 4. The van der Waals surface area contributed by atoms with E-state index in [1.54, 1.807) is 40.7 Å². The lowest BCUT2D eigenvalue weighted by Gasteiger charge is -2.27. The Morgan fingerprint density at radius 1 is 0.982 bits per heavy atom. The van der Waals surface area contributed by atoms with Gasteiger partial charge in [-0.25, -0.2) is 15.0 Å². The van der Waals surface area contributed by atoms with Gasteiger partial charge >= 0.3 is 6.18 Å². The molecule has 3 fully saturated rings. The number of aromatic nitrogens is 5. The average molecular weight is 772 g/mol. The lowest BCUT2D eigenvalue weighted by molar-refractivity contribution is -0.141. The Labute approximate surface area is 324 Å². The van der Waals surface area contributed by atoms with Crippen molar-refractivity contribution < 1.29 is 32.3 Å². The van der Waals surface area contributed by atoms with Crippen molar-refractivity contribution in [3.05, 3.63) is 70.7 Å². The molecule has 4 aromatic rings. The van der Waals surface area contributed by atoms with Crippen LogP contribution in [-0.2, 0) is 39.9 Å². The maximum atomic E-state index is 14.3. The number of likely N-dealkylation sites (tertiary alicyclic amines) is 1. The third-order valence-corrected chi connectivity index (χ3v) is 12.0. The second-order valence-corrected chi connectivity index (χ2v) is 16.0. The van der Waals surface area contributed by atoms with Gasteiger partial charge in [-0.05, 0) is 107 Å². The topological polar surface area (TPSA) is 131 Å². The molecular weight excluding hydrogens is 724 g/mol. The molecule has 0 unspecified atom stereocenters. The summed E-state index contributed by atoms with van der Waals surface area (Å²) in [5.74, 6) is 0.0498. The summed E-state index contributed by atoms with van der Waals surface area (Å²) in [7, 11) is 1.85. The Hall–Kier alpha value is -5.01. The first-order valence-electron chi connectivity index (χ1n) is 19.6. The molecule has 1 saturated heterocycles. The van der Waals surface area contributed by atoms with Crippen molar-refractivity contribution in [1.82, 2.24) is 34.5 Å². The van der Waals surface area contributed by atoms with E-state index in [-0.39, 0.29) is 65.1 Å². The fraction of sp³-hybridized carbons (Fsp3) is 0.524. The number of alkyl halides is 3. The molecule has 14 heteroatoms. The lowest BCUT2D eigenvalue weighted by atomic mass is 9.94. The van der Waals surface area contributed by atoms with Gasteiger partial charge in [0.15, 0.2) is 11.6 Å². The number of pyridine rings is 1. The normalized spacial score (nSPS) is 19.6. The van der Waals surface area contributed by atoms with Crippen molar-refractivity contribution in [2.75, 3.05) is 13.6 Å². The minimum absolute atomic E-state index is 0.0496. The number of rotatable bonds is 15. The molecule has 1 aromatic carbocycles. The van der Waals surface area contributed by atoms with E-state index in [1.807, 2.05) is 26.1 Å². The number of fused-ring (bicyclic) bond motifs is 2. The van der Waals surface area contributed by atoms with E-state index in [9.17, 15) is 32.3 Å². The van der Waals surface area contributed by atoms with Crippen molar-refractivity contribution in [2.45, 2.75) is 117 Å². The van der Waals surface area contributed by atoms with Gasteiger partial charge in [-0.2, -0.15) is 18.3 Å². The number of hydrogen-bond donors (Lipinski definition) is 0. The van der Waals surface area contributed by atoms with Gasteiger partial charge in [0, 0.05) is 55.3 Å². The molecule has 4 heterocycles. The molecular formula is C42H48F3N7O4. The summed E-state index contributed by atoms with van der Waals surface area (Å²) in [6.45, 7) is 7.31. The van der Waals surface area contributed by atoms with Gasteiger partial charge in [-0.3, -0.25) is 23.9 Å². The molecule has 3 atom stereocenters. The number of piperidine rings is 1. The van der Waals surface area contributed by atoms with E-state index >= 15 is 0 Å². The number of unbranched alkanes of at least 4 members (excludes halogenated alkanes) is 2. The summed E-state index contributed by atoms with van der Waals surface area (Å²) in [5, 5.41) is 5.31. The monoisotopic (exact) mass is 771 g/mol. The first-order valence-corrected chi connectivity index (χ1v) is 19.6. The zero-order valence-electron chi connectivity index (χ0n) is 32.6. The fourth-order valence-electron chi connectivity index (χ4n) is 8.41. The summed E-state index contributed by atoms with van der Waals surface area (Å²) in [4.78, 5) is 70.0. The predicted molar refractivity (Wildman–Crippen MR) is 202 cm³/mol. The SMILES string of the molecule is CCN(C)C(=O)C1(CCCCCc2cc(-c3cnc(C)nc3)cc3c(C(C)=O)nn(CC(=O)N4[C@@H]5C[C@@H]5C[C@H]4C(=O)Cc4nc(C(F)(F)F)ccc4C)c23)CC1. The number of benzene rings is 1. The van der Waals surface area contributed by atoms with Crippen LogP contribution in [-0.4, -0.2) is 83.6 Å². The summed E-state index contributed by atoms with van der Waals surface area (Å²) in [6.07, 6.45) is 5.62. The van der Waals surface area contributed by atoms with Gasteiger partial charge in [-0.15, -0.1) is 0 Å². The summed E-state index contributed by atoms with van der Waals surface area (Å²) >= 11 is 0. The Kier molecular flexibility index (Phi) is 10.6. The van der Waals surface area contributed by atoms with Crippen molar-refractivity contribution >= 4 is 34.3 Å². The standard InChI is InChI=1S/C42H48F3N7O4/c1-6-50(5)40(56)41(14-15-41)13-9-7-8-10-27-16-28(30-21-46-26(4)47-22-30)17-31-38(25(3)53)49-51(39(27)31)23-37(55)52-33-18-29(33)19-34(52)35(54)20-32-24(2)11-12-36(48-32)42(43,44)45/h11-12,16-17,21-22,29,33-34H,6-10,13-15,18-20,23H2,1-5H3/t29-,33-,34+/m1/s1. The number of amides is 2. The highest BCUT2D eigenvalue weighted by atomic mass is 19.4. The second kappa shape index (κ2) is 15.2. The number of aryl methyl sites for hydroxylation is 3. The van der Waals surface area contributed by atoms with Crippen molar-refractivity contribution in [3.8, 4) is 11.1 Å². The lowest BCUT2D eigenvalue weighted by Crippen LogP contribution is -2.45. The molecule has 0 radical (unpaired) electrons. The smallest absolute Gasteiger partial charge is 0.346 e. The van der Waals surface area contributed by atoms with Crippen molar-refractivity contribution in [2.24, 2.45) is 11.3 Å². The third-order valence-electron chi connectivity index (χ3n) is 12.0. The molecule has 2 saturated carbocycles. The molecule has 2 aliphatic carbocycles. The number of halogens is 3. The molecule has 0 N–H and O–H groups in total. The maximum Gasteiger partial charge on any atom is 0.433 e. The van der Waals surface area contributed by atoms with Gasteiger partial charge in [0.05, 0.1) is 23.7 Å². The van der Waals surface area contributed by atoms with Crippen LogP contribution in [0.25, 0.3) is 22.0 Å². The zero-order valence-corrected chi connectivity index (χ0v) is 32.6. The summed E-state index contributed by atoms with van der Waals surface area (Å²) in [6, 6.07) is 5.21. The molecule has 3 aromatic heterocycles. The van der Waals surface area contributed by atoms with Crippen LogP contribution < -0.4 is 0 Å². The van der Waals surface area contributed by atoms with Crippen LogP contribution in [0.3, 0.4) is 0 Å². The number of carbonyl (C=O) groups is 4. The van der Waals surface area contributed by atoms with Gasteiger partial charge < -0.3 is 9.80 Å². The highest BCUT2D eigenvalue weighted by Crippen LogP contribution is 2.51. The first-order chi connectivity index (χ1) is 26.6. The minimum Gasteiger partial charge on any atom is -0.346 e. The van der Waals surface area contributed by atoms with Gasteiger partial charge in [0.25, 0.3) is 0 Å².